The van der Waals surface area contributed by atoms with E-state index in [1.165, 1.54) is 18.3 Å². The topological polar surface area (TPSA) is 112 Å². The van der Waals surface area contributed by atoms with Crippen LogP contribution in [0.3, 0.4) is 0 Å². The summed E-state index contributed by atoms with van der Waals surface area (Å²) in [6.45, 7) is -0.507. The van der Waals surface area contributed by atoms with Crippen molar-refractivity contribution in [2.75, 3.05) is 11.9 Å². The Hall–Kier alpha value is -3.40. The lowest BCUT2D eigenvalue weighted by atomic mass is 10.1. The van der Waals surface area contributed by atoms with Gasteiger partial charge in [-0.05, 0) is 29.8 Å². The number of pyridine rings is 1. The third kappa shape index (κ3) is 4.54. The van der Waals surface area contributed by atoms with Crippen LogP contribution in [0.15, 0.2) is 47.4 Å². The highest BCUT2D eigenvalue weighted by Crippen LogP contribution is 2.09. The Kier molecular flexibility index (Phi) is 5.25. The van der Waals surface area contributed by atoms with Gasteiger partial charge in [0.2, 0.25) is 0 Å². The summed E-state index contributed by atoms with van der Waals surface area (Å²) in [6, 6.07) is 11.6. The van der Waals surface area contributed by atoms with Gasteiger partial charge in [-0.3, -0.25) is 9.59 Å². The van der Waals surface area contributed by atoms with E-state index in [-0.39, 0.29) is 12.0 Å². The lowest BCUT2D eigenvalue weighted by molar-refractivity contribution is -0.119. The monoisotopic (exact) mass is 311 g/mol. The van der Waals surface area contributed by atoms with Crippen LogP contribution in [-0.2, 0) is 16.0 Å². The van der Waals surface area contributed by atoms with Gasteiger partial charge in [0.05, 0.1) is 12.5 Å². The number of H-pyrrole nitrogens is 1. The number of nitrogens with one attached hydrogen (secondary N) is 2. The fourth-order valence-electron chi connectivity index (χ4n) is 1.79. The summed E-state index contributed by atoms with van der Waals surface area (Å²) < 4.78 is 4.79. The van der Waals surface area contributed by atoms with E-state index < -0.39 is 24.0 Å². The second-order valence-corrected chi connectivity index (χ2v) is 4.57. The molecule has 0 saturated carbocycles. The Bertz CT molecular complexity index is 803. The Morgan fingerprint density at radius 2 is 1.96 bits per heavy atom. The van der Waals surface area contributed by atoms with Crippen molar-refractivity contribution in [1.29, 1.82) is 5.26 Å². The first-order valence-corrected chi connectivity index (χ1v) is 6.70. The van der Waals surface area contributed by atoms with Gasteiger partial charge in [-0.15, -0.1) is 0 Å². The van der Waals surface area contributed by atoms with Crippen LogP contribution in [0.5, 0.6) is 0 Å². The molecule has 0 atom stereocenters. The van der Waals surface area contributed by atoms with Gasteiger partial charge in [0.15, 0.2) is 6.61 Å². The van der Waals surface area contributed by atoms with Crippen molar-refractivity contribution < 1.29 is 14.3 Å². The number of anilines is 1. The van der Waals surface area contributed by atoms with Crippen LogP contribution in [0.4, 0.5) is 5.69 Å². The van der Waals surface area contributed by atoms with E-state index in [1.54, 1.807) is 24.3 Å². The molecule has 0 aliphatic rings. The van der Waals surface area contributed by atoms with Crippen LogP contribution in [0.25, 0.3) is 0 Å². The summed E-state index contributed by atoms with van der Waals surface area (Å²) in [5.74, 6) is -1.40. The number of aromatic amines is 1. The van der Waals surface area contributed by atoms with Gasteiger partial charge in [0.25, 0.3) is 11.5 Å². The summed E-state index contributed by atoms with van der Waals surface area (Å²) in [6.07, 6.45) is 1.68. The molecule has 0 radical (unpaired) electrons. The van der Waals surface area contributed by atoms with E-state index in [4.69, 9.17) is 10.00 Å². The predicted octanol–water partition coefficient (Wildman–Crippen LogP) is 1.24. The zero-order valence-electron chi connectivity index (χ0n) is 12.0. The van der Waals surface area contributed by atoms with Gasteiger partial charge in [0, 0.05) is 11.9 Å². The number of hydrogen-bond donors (Lipinski definition) is 2. The molecule has 2 N–H and O–H groups in total. The quantitative estimate of drug-likeness (QED) is 0.807. The number of esters is 1. The molecule has 0 spiro atoms. The summed E-state index contributed by atoms with van der Waals surface area (Å²) in [7, 11) is 0. The highest BCUT2D eigenvalue weighted by atomic mass is 16.5. The highest BCUT2D eigenvalue weighted by molar-refractivity contribution is 5.95. The van der Waals surface area contributed by atoms with Crippen LogP contribution >= 0.6 is 0 Å². The molecule has 2 rings (SSSR count). The molecular weight excluding hydrogens is 298 g/mol. The molecule has 1 aromatic carbocycles. The smallest absolute Gasteiger partial charge is 0.344 e. The summed E-state index contributed by atoms with van der Waals surface area (Å²) in [5, 5.41) is 11.1. The largest absolute Gasteiger partial charge is 0.452 e. The van der Waals surface area contributed by atoms with Gasteiger partial charge in [-0.25, -0.2) is 4.79 Å². The molecule has 2 aromatic rings. The molecule has 7 heteroatoms. The van der Waals surface area contributed by atoms with Crippen LogP contribution < -0.4 is 10.9 Å². The lowest BCUT2D eigenvalue weighted by Crippen LogP contribution is -2.24. The van der Waals surface area contributed by atoms with Crippen LogP contribution in [-0.4, -0.2) is 23.5 Å². The second kappa shape index (κ2) is 7.56. The first kappa shape index (κ1) is 16.0. The third-order valence-electron chi connectivity index (χ3n) is 2.89. The van der Waals surface area contributed by atoms with E-state index in [1.807, 2.05) is 6.07 Å². The Morgan fingerprint density at radius 3 is 2.61 bits per heavy atom. The van der Waals surface area contributed by atoms with Gasteiger partial charge in [-0.2, -0.15) is 5.26 Å². The number of carbonyl (C=O) groups excluding carboxylic acids is 2. The van der Waals surface area contributed by atoms with E-state index in [9.17, 15) is 14.4 Å². The number of hydrogen-bond acceptors (Lipinski definition) is 5. The number of ether oxygens (including phenoxy) is 1. The van der Waals surface area contributed by atoms with Crippen molar-refractivity contribution in [3.63, 3.8) is 0 Å². The molecule has 0 aliphatic carbocycles. The zero-order valence-corrected chi connectivity index (χ0v) is 12.0. The van der Waals surface area contributed by atoms with Crippen molar-refractivity contribution >= 4 is 17.6 Å². The van der Waals surface area contributed by atoms with Crippen molar-refractivity contribution in [2.45, 2.75) is 6.42 Å². The number of rotatable bonds is 5. The Labute approximate surface area is 131 Å². The maximum absolute atomic E-state index is 11.7. The van der Waals surface area contributed by atoms with Gasteiger partial charge < -0.3 is 15.0 Å². The first-order chi connectivity index (χ1) is 11.1. The molecule has 23 heavy (non-hydrogen) atoms. The minimum Gasteiger partial charge on any atom is -0.452 e. The molecule has 0 fully saturated rings. The van der Waals surface area contributed by atoms with Crippen LogP contribution in [0.2, 0.25) is 0 Å². The standard InChI is InChI=1S/C16H13N3O4/c17-8-7-11-3-5-12(6-4-11)19-14(20)10-23-16(22)13-2-1-9-18-15(13)21/h1-6,9H,7,10H2,(H,18,21)(H,19,20). The minimum absolute atomic E-state index is 0.166. The molecule has 1 aromatic heterocycles. The SMILES string of the molecule is N#CCc1ccc(NC(=O)COC(=O)c2ccc[nH]c2=O)cc1. The number of amides is 1. The summed E-state index contributed by atoms with van der Waals surface area (Å²) >= 11 is 0. The number of aromatic nitrogens is 1. The molecule has 0 unspecified atom stereocenters. The summed E-state index contributed by atoms with van der Waals surface area (Å²) in [4.78, 5) is 37.1. The normalized spacial score (nSPS) is 9.70. The number of nitrogens with zero attached hydrogens (tertiary/aromatic N) is 1. The molecule has 0 aliphatic heterocycles. The molecular formula is C16H13N3O4. The van der Waals surface area contributed by atoms with E-state index in [0.29, 0.717) is 5.69 Å². The molecule has 1 heterocycles. The van der Waals surface area contributed by atoms with E-state index >= 15 is 0 Å². The molecule has 0 saturated heterocycles. The van der Waals surface area contributed by atoms with Crippen molar-refractivity contribution in [1.82, 2.24) is 4.98 Å². The average Bonchev–Trinajstić information content (AvgIpc) is 2.55. The average molecular weight is 311 g/mol. The summed E-state index contributed by atoms with van der Waals surface area (Å²) in [5.41, 5.74) is 0.609. The number of carbonyl (C=O) groups is 2. The van der Waals surface area contributed by atoms with Crippen molar-refractivity contribution in [3.05, 3.63) is 64.1 Å². The predicted molar refractivity (Wildman–Crippen MR) is 81.7 cm³/mol. The van der Waals surface area contributed by atoms with Gasteiger partial charge in [0.1, 0.15) is 5.56 Å². The van der Waals surface area contributed by atoms with Crippen LogP contribution in [0.1, 0.15) is 15.9 Å². The molecule has 1 amide bonds. The first-order valence-electron chi connectivity index (χ1n) is 6.70. The maximum Gasteiger partial charge on any atom is 0.344 e. The van der Waals surface area contributed by atoms with Gasteiger partial charge in [-0.1, -0.05) is 12.1 Å². The number of nitriles is 1. The highest BCUT2D eigenvalue weighted by Gasteiger charge is 2.13. The maximum atomic E-state index is 11.7. The lowest BCUT2D eigenvalue weighted by Gasteiger charge is -2.06. The van der Waals surface area contributed by atoms with Gasteiger partial charge >= 0.3 is 5.97 Å². The number of benzene rings is 1. The van der Waals surface area contributed by atoms with Crippen molar-refractivity contribution in [3.8, 4) is 6.07 Å². The van der Waals surface area contributed by atoms with E-state index in [0.717, 1.165) is 5.56 Å². The van der Waals surface area contributed by atoms with Crippen LogP contribution in [0, 0.1) is 11.3 Å². The molecule has 0 bridgehead atoms. The molecule has 116 valence electrons. The van der Waals surface area contributed by atoms with Crippen molar-refractivity contribution in [2.24, 2.45) is 0 Å². The fourth-order valence-corrected chi connectivity index (χ4v) is 1.79. The second-order valence-electron chi connectivity index (χ2n) is 4.57. The Morgan fingerprint density at radius 1 is 1.22 bits per heavy atom. The molecule has 7 nitrogen and oxygen atoms in total. The Balaban J connectivity index is 1.88. The zero-order chi connectivity index (χ0) is 16.7. The van der Waals surface area contributed by atoms with E-state index in [2.05, 4.69) is 10.3 Å². The fraction of sp³-hybridized carbons (Fsp3) is 0.125. The third-order valence-corrected chi connectivity index (χ3v) is 2.89. The minimum atomic E-state index is -0.869.